The summed E-state index contributed by atoms with van der Waals surface area (Å²) in [7, 11) is 0. The van der Waals surface area contributed by atoms with E-state index in [1.165, 1.54) is 23.9 Å². The summed E-state index contributed by atoms with van der Waals surface area (Å²) in [4.78, 5) is 13.5. The number of aromatic nitrogens is 3. The Bertz CT molecular complexity index is 1040. The average Bonchev–Trinajstić information content (AvgIpc) is 3.47. The number of thiophene rings is 1. The molecule has 1 atom stereocenters. The van der Waals surface area contributed by atoms with Gasteiger partial charge in [-0.25, -0.2) is 0 Å². The molecule has 1 unspecified atom stereocenters. The summed E-state index contributed by atoms with van der Waals surface area (Å²) >= 11 is 21.0. The molecule has 2 aromatic heterocycles. The third kappa shape index (κ3) is 5.12. The minimum absolute atomic E-state index is 0.128. The number of ether oxygens (including phenoxy) is 1. The van der Waals surface area contributed by atoms with Crippen molar-refractivity contribution in [3.8, 4) is 10.7 Å². The number of hydrogen-bond acceptors (Lipinski definition) is 6. The molecule has 11 heteroatoms. The lowest BCUT2D eigenvalue weighted by Crippen LogP contribution is -2.18. The summed E-state index contributed by atoms with van der Waals surface area (Å²) in [6.07, 6.45) is 2.18. The molecule has 1 N–H and O–H groups in total. The van der Waals surface area contributed by atoms with Crippen molar-refractivity contribution in [2.24, 2.45) is 0 Å². The largest absolute Gasteiger partial charge is 0.376 e. The summed E-state index contributed by atoms with van der Waals surface area (Å²) < 4.78 is 7.83. The molecule has 158 valence electrons. The molecule has 1 amide bonds. The molecule has 1 aromatic carbocycles. The van der Waals surface area contributed by atoms with Gasteiger partial charge >= 0.3 is 0 Å². The first-order valence-electron chi connectivity index (χ1n) is 9.17. The van der Waals surface area contributed by atoms with Crippen molar-refractivity contribution in [2.45, 2.75) is 30.6 Å². The predicted octanol–water partition coefficient (Wildman–Crippen LogP) is 5.88. The number of carbonyl (C=O) groups is 1. The van der Waals surface area contributed by atoms with E-state index in [9.17, 15) is 4.79 Å². The van der Waals surface area contributed by atoms with Crippen LogP contribution in [0.4, 0.5) is 5.69 Å². The monoisotopic (exact) mass is 502 g/mol. The van der Waals surface area contributed by atoms with Crippen LogP contribution in [-0.2, 0) is 16.1 Å². The maximum atomic E-state index is 12.5. The van der Waals surface area contributed by atoms with Crippen molar-refractivity contribution in [1.29, 1.82) is 0 Å². The van der Waals surface area contributed by atoms with E-state index in [1.54, 1.807) is 11.3 Å². The molecule has 4 rings (SSSR count). The number of anilines is 1. The summed E-state index contributed by atoms with van der Waals surface area (Å²) in [5.41, 5.74) is 0.414. The summed E-state index contributed by atoms with van der Waals surface area (Å²) in [6, 6.07) is 7.02. The minimum atomic E-state index is -0.232. The zero-order valence-corrected chi connectivity index (χ0v) is 19.5. The Labute approximate surface area is 196 Å². The normalized spacial score (nSPS) is 16.2. The Balaban J connectivity index is 1.47. The molecular weight excluding hydrogens is 487 g/mol. The second-order valence-electron chi connectivity index (χ2n) is 6.61. The van der Waals surface area contributed by atoms with Crippen molar-refractivity contribution in [3.05, 3.63) is 44.7 Å². The van der Waals surface area contributed by atoms with Crippen LogP contribution in [0.5, 0.6) is 0 Å². The van der Waals surface area contributed by atoms with Gasteiger partial charge < -0.3 is 10.1 Å². The van der Waals surface area contributed by atoms with E-state index in [1.807, 2.05) is 22.1 Å². The number of halogens is 3. The van der Waals surface area contributed by atoms with Crippen molar-refractivity contribution < 1.29 is 9.53 Å². The lowest BCUT2D eigenvalue weighted by molar-refractivity contribution is -0.113. The van der Waals surface area contributed by atoms with Crippen molar-refractivity contribution in [3.63, 3.8) is 0 Å². The van der Waals surface area contributed by atoms with Crippen LogP contribution >= 0.6 is 57.9 Å². The van der Waals surface area contributed by atoms with Gasteiger partial charge in [-0.05, 0) is 36.4 Å². The van der Waals surface area contributed by atoms with Crippen LogP contribution < -0.4 is 5.32 Å². The molecule has 3 aromatic rings. The van der Waals surface area contributed by atoms with Gasteiger partial charge in [0.15, 0.2) is 11.0 Å². The number of nitrogens with one attached hydrogen (secondary N) is 1. The zero-order chi connectivity index (χ0) is 21.1. The Morgan fingerprint density at radius 1 is 1.27 bits per heavy atom. The molecule has 30 heavy (non-hydrogen) atoms. The molecule has 0 bridgehead atoms. The number of carbonyl (C=O) groups excluding carboxylic acids is 1. The van der Waals surface area contributed by atoms with Gasteiger partial charge in [0.05, 0.1) is 44.0 Å². The van der Waals surface area contributed by atoms with E-state index in [0.717, 1.165) is 30.2 Å². The fraction of sp³-hybridized carbons (Fsp3) is 0.316. The molecule has 1 saturated heterocycles. The topological polar surface area (TPSA) is 69.0 Å². The molecule has 1 fully saturated rings. The highest BCUT2D eigenvalue weighted by molar-refractivity contribution is 7.99. The molecule has 1 aliphatic rings. The van der Waals surface area contributed by atoms with Crippen molar-refractivity contribution in [1.82, 2.24) is 14.8 Å². The predicted molar refractivity (Wildman–Crippen MR) is 123 cm³/mol. The van der Waals surface area contributed by atoms with Crippen LogP contribution in [0.25, 0.3) is 10.7 Å². The number of nitrogens with zero attached hydrogens (tertiary/aromatic N) is 3. The Morgan fingerprint density at radius 2 is 2.10 bits per heavy atom. The quantitative estimate of drug-likeness (QED) is 0.322. The second kappa shape index (κ2) is 9.89. The molecule has 0 radical (unpaired) electrons. The van der Waals surface area contributed by atoms with Crippen molar-refractivity contribution in [2.75, 3.05) is 17.7 Å². The van der Waals surface area contributed by atoms with Gasteiger partial charge in [-0.1, -0.05) is 52.6 Å². The van der Waals surface area contributed by atoms with Gasteiger partial charge in [0, 0.05) is 6.61 Å². The number of amides is 1. The maximum absolute atomic E-state index is 12.5. The first kappa shape index (κ1) is 21.9. The SMILES string of the molecule is O=C(CSc1nnc(-c2cccs2)n1CC1CCCO1)Nc1cc(Cl)c(Cl)cc1Cl. The minimum Gasteiger partial charge on any atom is -0.376 e. The van der Waals surface area contributed by atoms with E-state index in [2.05, 4.69) is 15.5 Å². The summed E-state index contributed by atoms with van der Waals surface area (Å²) in [5, 5.41) is 15.1. The number of rotatable bonds is 7. The number of benzene rings is 1. The van der Waals surface area contributed by atoms with E-state index >= 15 is 0 Å². The molecule has 6 nitrogen and oxygen atoms in total. The average molecular weight is 504 g/mol. The third-order valence-electron chi connectivity index (χ3n) is 4.49. The Kier molecular flexibility index (Phi) is 7.23. The van der Waals surface area contributed by atoms with Gasteiger partial charge in [0.2, 0.25) is 5.91 Å². The molecule has 1 aliphatic heterocycles. The van der Waals surface area contributed by atoms with E-state index in [-0.39, 0.29) is 17.8 Å². The number of hydrogen-bond donors (Lipinski definition) is 1. The molecule has 0 aliphatic carbocycles. The lowest BCUT2D eigenvalue weighted by atomic mass is 10.2. The van der Waals surface area contributed by atoms with Crippen LogP contribution in [0.2, 0.25) is 15.1 Å². The zero-order valence-electron chi connectivity index (χ0n) is 15.6. The fourth-order valence-electron chi connectivity index (χ4n) is 3.07. The summed E-state index contributed by atoms with van der Waals surface area (Å²) in [5.74, 6) is 0.700. The Hall–Kier alpha value is -1.29. The molecule has 0 saturated carbocycles. The highest BCUT2D eigenvalue weighted by atomic mass is 35.5. The van der Waals surface area contributed by atoms with Crippen LogP contribution in [0.15, 0.2) is 34.8 Å². The lowest BCUT2D eigenvalue weighted by Gasteiger charge is -2.14. The summed E-state index contributed by atoms with van der Waals surface area (Å²) in [6.45, 7) is 1.43. The maximum Gasteiger partial charge on any atom is 0.234 e. The highest BCUT2D eigenvalue weighted by Crippen LogP contribution is 2.33. The van der Waals surface area contributed by atoms with E-state index in [0.29, 0.717) is 32.5 Å². The first-order chi connectivity index (χ1) is 14.5. The van der Waals surface area contributed by atoms with Gasteiger partial charge in [-0.3, -0.25) is 9.36 Å². The van der Waals surface area contributed by atoms with Gasteiger partial charge in [0.1, 0.15) is 0 Å². The van der Waals surface area contributed by atoms with Crippen LogP contribution in [0.3, 0.4) is 0 Å². The van der Waals surface area contributed by atoms with Crippen molar-refractivity contribution >= 4 is 69.5 Å². The first-order valence-corrected chi connectivity index (χ1v) is 12.2. The highest BCUT2D eigenvalue weighted by Gasteiger charge is 2.22. The molecule has 3 heterocycles. The number of thioether (sulfide) groups is 1. The van der Waals surface area contributed by atoms with Crippen LogP contribution in [0, 0.1) is 0 Å². The fourth-order valence-corrected chi connectivity index (χ4v) is 5.13. The second-order valence-corrected chi connectivity index (χ2v) is 9.72. The van der Waals surface area contributed by atoms with E-state index < -0.39 is 0 Å². The van der Waals surface area contributed by atoms with Crippen LogP contribution in [-0.4, -0.2) is 39.1 Å². The smallest absolute Gasteiger partial charge is 0.234 e. The van der Waals surface area contributed by atoms with E-state index in [4.69, 9.17) is 39.5 Å². The molecular formula is C19H17Cl3N4O2S2. The standard InChI is InChI=1S/C19H17Cl3N4O2S2/c20-12-7-14(22)15(8-13(12)21)23-17(27)10-30-19-25-24-18(16-4-2-6-29-16)26(19)9-11-3-1-5-28-11/h2,4,6-8,11H,1,3,5,9-10H2,(H,23,27). The van der Waals surface area contributed by atoms with Gasteiger partial charge in [0.25, 0.3) is 0 Å². The van der Waals surface area contributed by atoms with Crippen LogP contribution in [0.1, 0.15) is 12.8 Å². The molecule has 0 spiro atoms. The van der Waals surface area contributed by atoms with Gasteiger partial charge in [-0.15, -0.1) is 21.5 Å². The Morgan fingerprint density at radius 3 is 2.83 bits per heavy atom. The van der Waals surface area contributed by atoms with Gasteiger partial charge in [-0.2, -0.15) is 0 Å². The third-order valence-corrected chi connectivity index (χ3v) is 7.35.